The summed E-state index contributed by atoms with van der Waals surface area (Å²) in [6, 6.07) is 5.37. The summed E-state index contributed by atoms with van der Waals surface area (Å²) in [5.74, 6) is 0.391. The van der Waals surface area contributed by atoms with E-state index in [4.69, 9.17) is 0 Å². The number of likely N-dealkylation sites (tertiary alicyclic amines) is 2. The minimum absolute atomic E-state index is 0.391. The van der Waals surface area contributed by atoms with Crippen molar-refractivity contribution in [1.82, 2.24) is 9.80 Å². The van der Waals surface area contributed by atoms with Crippen molar-refractivity contribution < 1.29 is 4.79 Å². The predicted octanol–water partition coefficient (Wildman–Crippen LogP) is 3.55. The Morgan fingerprint density at radius 1 is 1.27 bits per heavy atom. The molecule has 2 saturated heterocycles. The molecule has 3 rings (SSSR count). The third kappa shape index (κ3) is 3.54. The van der Waals surface area contributed by atoms with E-state index in [1.54, 1.807) is 11.3 Å². The highest BCUT2D eigenvalue weighted by Gasteiger charge is 2.38. The number of amides is 1. The van der Waals surface area contributed by atoms with Gasteiger partial charge in [0, 0.05) is 29.9 Å². The van der Waals surface area contributed by atoms with Crippen LogP contribution in [0.25, 0.3) is 0 Å². The molecule has 0 spiro atoms. The summed E-state index contributed by atoms with van der Waals surface area (Å²) in [5, 5.41) is 2.12. The van der Waals surface area contributed by atoms with Gasteiger partial charge in [0.05, 0.1) is 0 Å². The topological polar surface area (TPSA) is 23.6 Å². The molecule has 0 bridgehead atoms. The second-order valence-corrected chi connectivity index (χ2v) is 7.60. The number of likely N-dealkylation sites (N-methyl/N-ethyl adjacent to an activating group) is 1. The van der Waals surface area contributed by atoms with Crippen LogP contribution in [0, 0.1) is 0 Å². The highest BCUT2D eigenvalue weighted by molar-refractivity contribution is 7.09. The van der Waals surface area contributed by atoms with Gasteiger partial charge in [-0.15, -0.1) is 11.3 Å². The van der Waals surface area contributed by atoms with Gasteiger partial charge in [-0.2, -0.15) is 0 Å². The van der Waals surface area contributed by atoms with E-state index in [9.17, 15) is 4.79 Å². The molecular formula is C18H28N2OS. The Morgan fingerprint density at radius 2 is 2.09 bits per heavy atom. The van der Waals surface area contributed by atoms with Gasteiger partial charge in [0.25, 0.3) is 0 Å². The molecule has 22 heavy (non-hydrogen) atoms. The Hall–Kier alpha value is -0.870. The number of nitrogens with zero attached hydrogens (tertiary/aromatic N) is 2. The quantitative estimate of drug-likeness (QED) is 0.800. The molecule has 0 unspecified atom stereocenters. The first kappa shape index (κ1) is 16.0. The molecule has 2 aliphatic rings. The normalized spacial score (nSPS) is 26.0. The minimum Gasteiger partial charge on any atom is -0.338 e. The molecule has 2 fully saturated rings. The zero-order valence-electron chi connectivity index (χ0n) is 13.7. The van der Waals surface area contributed by atoms with Crippen LogP contribution in [-0.4, -0.2) is 47.4 Å². The first-order chi connectivity index (χ1) is 10.8. The fraction of sp³-hybridized carbons (Fsp3) is 0.722. The first-order valence-corrected chi connectivity index (χ1v) is 9.73. The summed E-state index contributed by atoms with van der Waals surface area (Å²) in [7, 11) is 0. The van der Waals surface area contributed by atoms with Crippen molar-refractivity contribution in [3.63, 3.8) is 0 Å². The number of rotatable bonds is 6. The Balaban J connectivity index is 1.52. The Kier molecular flexibility index (Phi) is 5.53. The SMILES string of the molecule is CCN1CCC[C@H]1[C@H]1CCCN1C(=O)CCCc1cccs1. The molecule has 3 nitrogen and oxygen atoms in total. The van der Waals surface area contributed by atoms with Crippen molar-refractivity contribution in [2.24, 2.45) is 0 Å². The molecule has 0 aromatic carbocycles. The van der Waals surface area contributed by atoms with Gasteiger partial charge < -0.3 is 4.90 Å². The number of hydrogen-bond acceptors (Lipinski definition) is 3. The second-order valence-electron chi connectivity index (χ2n) is 6.57. The molecule has 2 aliphatic heterocycles. The number of carbonyl (C=O) groups is 1. The van der Waals surface area contributed by atoms with Crippen LogP contribution in [0.2, 0.25) is 0 Å². The summed E-state index contributed by atoms with van der Waals surface area (Å²) in [6.07, 6.45) is 7.73. The van der Waals surface area contributed by atoms with Gasteiger partial charge in [0.15, 0.2) is 0 Å². The van der Waals surface area contributed by atoms with Crippen LogP contribution in [0.4, 0.5) is 0 Å². The van der Waals surface area contributed by atoms with E-state index in [-0.39, 0.29) is 0 Å². The van der Waals surface area contributed by atoms with Crippen LogP contribution in [0.1, 0.15) is 50.3 Å². The molecule has 0 radical (unpaired) electrons. The molecule has 2 atom stereocenters. The zero-order valence-corrected chi connectivity index (χ0v) is 14.5. The lowest BCUT2D eigenvalue weighted by Gasteiger charge is -2.34. The average molecular weight is 321 g/mol. The summed E-state index contributed by atoms with van der Waals surface area (Å²) < 4.78 is 0. The Bertz CT molecular complexity index is 473. The van der Waals surface area contributed by atoms with E-state index in [1.165, 1.54) is 37.1 Å². The fourth-order valence-electron chi connectivity index (χ4n) is 4.19. The zero-order chi connectivity index (χ0) is 15.4. The molecule has 1 aromatic heterocycles. The van der Waals surface area contributed by atoms with Crippen LogP contribution in [0.3, 0.4) is 0 Å². The smallest absolute Gasteiger partial charge is 0.222 e. The van der Waals surface area contributed by atoms with Crippen molar-refractivity contribution >= 4 is 17.2 Å². The van der Waals surface area contributed by atoms with E-state index in [0.29, 0.717) is 24.4 Å². The maximum absolute atomic E-state index is 12.6. The monoisotopic (exact) mass is 320 g/mol. The molecule has 122 valence electrons. The lowest BCUT2D eigenvalue weighted by atomic mass is 10.0. The molecule has 3 heterocycles. The highest BCUT2D eigenvalue weighted by atomic mass is 32.1. The standard InChI is InChI=1S/C18H28N2OS/c1-2-19-12-4-9-16(19)17-10-5-13-20(17)18(21)11-3-7-15-8-6-14-22-15/h6,8,14,16-17H,2-5,7,9-13H2,1H3/t16-,17+/m0/s1. The van der Waals surface area contributed by atoms with Crippen LogP contribution in [0.15, 0.2) is 17.5 Å². The lowest BCUT2D eigenvalue weighted by Crippen LogP contribution is -2.48. The molecule has 0 aliphatic carbocycles. The van der Waals surface area contributed by atoms with Crippen molar-refractivity contribution in [2.45, 2.75) is 64.0 Å². The van der Waals surface area contributed by atoms with E-state index in [0.717, 1.165) is 25.9 Å². The van der Waals surface area contributed by atoms with E-state index >= 15 is 0 Å². The fourth-order valence-corrected chi connectivity index (χ4v) is 4.95. The number of hydrogen-bond donors (Lipinski definition) is 0. The Morgan fingerprint density at radius 3 is 2.86 bits per heavy atom. The molecule has 1 aromatic rings. The number of thiophene rings is 1. The molecule has 4 heteroatoms. The second kappa shape index (κ2) is 7.60. The first-order valence-electron chi connectivity index (χ1n) is 8.85. The van der Waals surface area contributed by atoms with Gasteiger partial charge in [-0.1, -0.05) is 13.0 Å². The van der Waals surface area contributed by atoms with Gasteiger partial charge in [-0.3, -0.25) is 9.69 Å². The van der Waals surface area contributed by atoms with E-state index in [2.05, 4.69) is 34.2 Å². The maximum atomic E-state index is 12.6. The summed E-state index contributed by atoms with van der Waals surface area (Å²) in [4.78, 5) is 18.8. The maximum Gasteiger partial charge on any atom is 0.222 e. The van der Waals surface area contributed by atoms with Crippen LogP contribution in [0.5, 0.6) is 0 Å². The summed E-state index contributed by atoms with van der Waals surface area (Å²) >= 11 is 1.80. The van der Waals surface area contributed by atoms with Gasteiger partial charge in [-0.05, 0) is 63.1 Å². The predicted molar refractivity (Wildman–Crippen MR) is 92.3 cm³/mol. The summed E-state index contributed by atoms with van der Waals surface area (Å²) in [5.41, 5.74) is 0. The number of aryl methyl sites for hydroxylation is 1. The van der Waals surface area contributed by atoms with Gasteiger partial charge >= 0.3 is 0 Å². The van der Waals surface area contributed by atoms with Crippen molar-refractivity contribution in [2.75, 3.05) is 19.6 Å². The number of carbonyl (C=O) groups excluding carboxylic acids is 1. The highest BCUT2D eigenvalue weighted by Crippen LogP contribution is 2.30. The minimum atomic E-state index is 0.391. The van der Waals surface area contributed by atoms with E-state index in [1.807, 2.05) is 0 Å². The summed E-state index contributed by atoms with van der Waals surface area (Å²) in [6.45, 7) is 5.58. The van der Waals surface area contributed by atoms with Crippen molar-refractivity contribution in [1.29, 1.82) is 0 Å². The van der Waals surface area contributed by atoms with Crippen molar-refractivity contribution in [3.8, 4) is 0 Å². The third-order valence-corrected chi connectivity index (χ3v) is 6.21. The van der Waals surface area contributed by atoms with Crippen molar-refractivity contribution in [3.05, 3.63) is 22.4 Å². The van der Waals surface area contributed by atoms with E-state index < -0.39 is 0 Å². The third-order valence-electron chi connectivity index (χ3n) is 5.28. The van der Waals surface area contributed by atoms with Crippen LogP contribution < -0.4 is 0 Å². The Labute approximate surface area is 138 Å². The largest absolute Gasteiger partial charge is 0.338 e. The molecular weight excluding hydrogens is 292 g/mol. The van der Waals surface area contributed by atoms with Gasteiger partial charge in [0.2, 0.25) is 5.91 Å². The van der Waals surface area contributed by atoms with Crippen LogP contribution in [-0.2, 0) is 11.2 Å². The average Bonchev–Trinajstić information content (AvgIpc) is 3.26. The molecule has 0 N–H and O–H groups in total. The molecule has 0 saturated carbocycles. The van der Waals surface area contributed by atoms with Gasteiger partial charge in [0.1, 0.15) is 0 Å². The molecule has 1 amide bonds. The van der Waals surface area contributed by atoms with Crippen LogP contribution >= 0.6 is 11.3 Å². The lowest BCUT2D eigenvalue weighted by molar-refractivity contribution is -0.133. The van der Waals surface area contributed by atoms with Gasteiger partial charge in [-0.25, -0.2) is 0 Å².